The van der Waals surface area contributed by atoms with Gasteiger partial charge in [0.05, 0.1) is 0 Å². The third-order valence-corrected chi connectivity index (χ3v) is 4.63. The number of nitrogens with zero attached hydrogens (tertiary/aromatic N) is 3. The van der Waals surface area contributed by atoms with Gasteiger partial charge in [-0.25, -0.2) is 0 Å². The van der Waals surface area contributed by atoms with E-state index in [2.05, 4.69) is 42.3 Å². The molecule has 0 bridgehead atoms. The van der Waals surface area contributed by atoms with Crippen molar-refractivity contribution in [1.29, 1.82) is 10.5 Å². The first kappa shape index (κ1) is 19.5. The van der Waals surface area contributed by atoms with Crippen LogP contribution in [-0.2, 0) is 0 Å². The number of benzene rings is 1. The van der Waals surface area contributed by atoms with E-state index in [1.54, 1.807) is 6.08 Å². The zero-order valence-corrected chi connectivity index (χ0v) is 15.6. The number of nitriles is 2. The molecular weight excluding hydrogens is 318 g/mol. The zero-order valence-electron chi connectivity index (χ0n) is 15.6. The SMILES string of the molecule is CCCCCCCCCN1C=CC(=CC=C(C#N)C#N)c2ccccc21. The van der Waals surface area contributed by atoms with E-state index in [9.17, 15) is 0 Å². The Hall–Kier alpha value is -2.78. The minimum absolute atomic E-state index is 0.119. The lowest BCUT2D eigenvalue weighted by molar-refractivity contribution is 0.590. The number of allylic oxidation sites excluding steroid dienone is 5. The molecule has 0 aliphatic carbocycles. The number of hydrogen-bond acceptors (Lipinski definition) is 3. The Morgan fingerprint density at radius 3 is 2.42 bits per heavy atom. The van der Waals surface area contributed by atoms with Crippen molar-refractivity contribution in [1.82, 2.24) is 0 Å². The largest absolute Gasteiger partial charge is 0.347 e. The summed E-state index contributed by atoms with van der Waals surface area (Å²) in [5.74, 6) is 0. The Morgan fingerprint density at radius 1 is 1.00 bits per heavy atom. The zero-order chi connectivity index (χ0) is 18.6. The predicted molar refractivity (Wildman–Crippen MR) is 108 cm³/mol. The number of para-hydroxylation sites is 1. The minimum Gasteiger partial charge on any atom is -0.347 e. The van der Waals surface area contributed by atoms with Crippen LogP contribution in [0.4, 0.5) is 5.69 Å². The highest BCUT2D eigenvalue weighted by molar-refractivity contribution is 5.87. The second-order valence-corrected chi connectivity index (χ2v) is 6.57. The Kier molecular flexibility index (Phi) is 8.24. The quantitative estimate of drug-likeness (QED) is 0.400. The van der Waals surface area contributed by atoms with Crippen LogP contribution in [0, 0.1) is 22.7 Å². The maximum Gasteiger partial charge on any atom is 0.129 e. The molecule has 26 heavy (non-hydrogen) atoms. The fourth-order valence-electron chi connectivity index (χ4n) is 3.16. The van der Waals surface area contributed by atoms with Crippen LogP contribution < -0.4 is 4.90 Å². The van der Waals surface area contributed by atoms with E-state index in [1.165, 1.54) is 50.6 Å². The molecule has 3 heteroatoms. The molecule has 0 N–H and O–H groups in total. The molecule has 0 atom stereocenters. The van der Waals surface area contributed by atoms with Gasteiger partial charge in [-0.1, -0.05) is 69.7 Å². The standard InChI is InChI=1S/C23H27N3/c1-2-3-4-5-6-7-10-16-26-17-15-21(14-13-20(18-24)19-25)22-11-8-9-12-23(22)26/h8-9,11-15,17H,2-7,10,16H2,1H3. The van der Waals surface area contributed by atoms with E-state index >= 15 is 0 Å². The molecular formula is C23H27N3. The molecule has 2 rings (SSSR count). The number of rotatable bonds is 9. The summed E-state index contributed by atoms with van der Waals surface area (Å²) in [6.07, 6.45) is 16.7. The van der Waals surface area contributed by atoms with E-state index < -0.39 is 0 Å². The maximum atomic E-state index is 8.89. The number of hydrogen-bond donors (Lipinski definition) is 0. The van der Waals surface area contributed by atoms with Gasteiger partial charge in [0.15, 0.2) is 0 Å². The predicted octanol–water partition coefficient (Wildman–Crippen LogP) is 6.13. The Balaban J connectivity index is 1.99. The molecule has 0 saturated carbocycles. The fraction of sp³-hybridized carbons (Fsp3) is 0.391. The second-order valence-electron chi connectivity index (χ2n) is 6.57. The van der Waals surface area contributed by atoms with Gasteiger partial charge in [0.1, 0.15) is 17.7 Å². The third kappa shape index (κ3) is 5.64. The highest BCUT2D eigenvalue weighted by atomic mass is 15.1. The molecule has 0 spiro atoms. The van der Waals surface area contributed by atoms with Crippen molar-refractivity contribution in [3.63, 3.8) is 0 Å². The number of anilines is 1. The van der Waals surface area contributed by atoms with Crippen LogP contribution in [0.5, 0.6) is 0 Å². The molecule has 1 aliphatic rings. The highest BCUT2D eigenvalue weighted by Gasteiger charge is 2.14. The summed E-state index contributed by atoms with van der Waals surface area (Å²) in [4.78, 5) is 2.30. The van der Waals surface area contributed by atoms with Crippen molar-refractivity contribution >= 4 is 11.3 Å². The average Bonchev–Trinajstić information content (AvgIpc) is 2.69. The van der Waals surface area contributed by atoms with Crippen molar-refractivity contribution in [3.05, 3.63) is 59.8 Å². The molecule has 1 heterocycles. The van der Waals surface area contributed by atoms with E-state index in [4.69, 9.17) is 10.5 Å². The van der Waals surface area contributed by atoms with Gasteiger partial charge in [-0.2, -0.15) is 10.5 Å². The van der Waals surface area contributed by atoms with Crippen LogP contribution in [0.15, 0.2) is 54.3 Å². The highest BCUT2D eigenvalue weighted by Crippen LogP contribution is 2.33. The van der Waals surface area contributed by atoms with Crippen molar-refractivity contribution in [2.45, 2.75) is 51.9 Å². The lowest BCUT2D eigenvalue weighted by atomic mass is 9.99. The van der Waals surface area contributed by atoms with Crippen LogP contribution in [0.3, 0.4) is 0 Å². The molecule has 1 aromatic rings. The van der Waals surface area contributed by atoms with Crippen LogP contribution in [0.25, 0.3) is 5.57 Å². The first-order chi connectivity index (χ1) is 12.8. The Labute approximate surface area is 157 Å². The maximum absolute atomic E-state index is 8.89. The molecule has 3 nitrogen and oxygen atoms in total. The van der Waals surface area contributed by atoms with E-state index in [-0.39, 0.29) is 5.57 Å². The first-order valence-corrected chi connectivity index (χ1v) is 9.56. The van der Waals surface area contributed by atoms with Crippen molar-refractivity contribution in [3.8, 4) is 12.1 Å². The third-order valence-electron chi connectivity index (χ3n) is 4.63. The topological polar surface area (TPSA) is 50.8 Å². The second kappa shape index (κ2) is 11.0. The summed E-state index contributed by atoms with van der Waals surface area (Å²) in [6, 6.07) is 12.1. The molecule has 0 saturated heterocycles. The number of unbranched alkanes of at least 4 members (excludes halogenated alkanes) is 6. The van der Waals surface area contributed by atoms with Crippen LogP contribution in [0.2, 0.25) is 0 Å². The van der Waals surface area contributed by atoms with E-state index in [0.717, 1.165) is 17.7 Å². The first-order valence-electron chi connectivity index (χ1n) is 9.56. The van der Waals surface area contributed by atoms with Crippen LogP contribution in [0.1, 0.15) is 57.4 Å². The van der Waals surface area contributed by atoms with Gasteiger partial charge < -0.3 is 4.90 Å². The van der Waals surface area contributed by atoms with Gasteiger partial charge in [0.2, 0.25) is 0 Å². The van der Waals surface area contributed by atoms with Gasteiger partial charge in [0.25, 0.3) is 0 Å². The molecule has 0 unspecified atom stereocenters. The van der Waals surface area contributed by atoms with E-state index in [0.29, 0.717) is 0 Å². The van der Waals surface area contributed by atoms with Crippen molar-refractivity contribution in [2.24, 2.45) is 0 Å². The lowest BCUT2D eigenvalue weighted by Gasteiger charge is -2.27. The smallest absolute Gasteiger partial charge is 0.129 e. The van der Waals surface area contributed by atoms with Crippen LogP contribution in [-0.4, -0.2) is 6.54 Å². The lowest BCUT2D eigenvalue weighted by Crippen LogP contribution is -2.21. The normalized spacial score (nSPS) is 13.8. The summed E-state index contributed by atoms with van der Waals surface area (Å²) in [7, 11) is 0. The Morgan fingerprint density at radius 2 is 1.69 bits per heavy atom. The molecule has 0 aromatic heterocycles. The molecule has 0 radical (unpaired) electrons. The Bertz CT molecular complexity index is 740. The van der Waals surface area contributed by atoms with Gasteiger partial charge in [-0.15, -0.1) is 0 Å². The van der Waals surface area contributed by atoms with Gasteiger partial charge in [0, 0.05) is 24.0 Å². The van der Waals surface area contributed by atoms with Crippen LogP contribution >= 0.6 is 0 Å². The van der Waals surface area contributed by atoms with Crippen molar-refractivity contribution in [2.75, 3.05) is 11.4 Å². The molecule has 1 aliphatic heterocycles. The molecule has 134 valence electrons. The number of fused-ring (bicyclic) bond motifs is 1. The fourth-order valence-corrected chi connectivity index (χ4v) is 3.16. The van der Waals surface area contributed by atoms with E-state index in [1.807, 2.05) is 24.3 Å². The molecule has 0 fully saturated rings. The summed E-state index contributed by atoms with van der Waals surface area (Å²) < 4.78 is 0. The molecule has 1 aromatic carbocycles. The summed E-state index contributed by atoms with van der Waals surface area (Å²) in [5.41, 5.74) is 3.48. The monoisotopic (exact) mass is 345 g/mol. The summed E-state index contributed by atoms with van der Waals surface area (Å²) in [5, 5.41) is 17.8. The average molecular weight is 345 g/mol. The summed E-state index contributed by atoms with van der Waals surface area (Å²) in [6.45, 7) is 3.27. The van der Waals surface area contributed by atoms with Gasteiger partial charge in [-0.05, 0) is 30.2 Å². The van der Waals surface area contributed by atoms with Gasteiger partial charge in [-0.3, -0.25) is 0 Å². The minimum atomic E-state index is 0.119. The van der Waals surface area contributed by atoms with Crippen molar-refractivity contribution < 1.29 is 0 Å². The summed E-state index contributed by atoms with van der Waals surface area (Å²) >= 11 is 0. The van der Waals surface area contributed by atoms with Gasteiger partial charge >= 0.3 is 0 Å². The molecule has 0 amide bonds.